The third-order valence-corrected chi connectivity index (χ3v) is 3.47. The van der Waals surface area contributed by atoms with E-state index in [1.165, 1.54) is 12.1 Å². The lowest BCUT2D eigenvalue weighted by Crippen LogP contribution is -2.08. The normalized spacial score (nSPS) is 10.4. The van der Waals surface area contributed by atoms with Gasteiger partial charge in [0.05, 0.1) is 6.20 Å². The van der Waals surface area contributed by atoms with Crippen LogP contribution in [0, 0.1) is 12.7 Å². The second-order valence-corrected chi connectivity index (χ2v) is 5.46. The molecule has 6 heteroatoms. The van der Waals surface area contributed by atoms with Crippen LogP contribution in [0.15, 0.2) is 54.7 Å². The molecule has 0 amide bonds. The van der Waals surface area contributed by atoms with Crippen LogP contribution in [0.25, 0.3) is 0 Å². The molecule has 0 spiro atoms. The molecule has 0 radical (unpaired) electrons. The molecule has 0 bridgehead atoms. The van der Waals surface area contributed by atoms with Gasteiger partial charge in [-0.15, -0.1) is 5.10 Å². The van der Waals surface area contributed by atoms with Crippen LogP contribution in [-0.2, 0) is 6.42 Å². The summed E-state index contributed by atoms with van der Waals surface area (Å²) in [6.45, 7) is 2.70. The summed E-state index contributed by atoms with van der Waals surface area (Å²) in [7, 11) is 0. The zero-order valence-corrected chi connectivity index (χ0v) is 13.3. The van der Waals surface area contributed by atoms with Gasteiger partial charge in [0, 0.05) is 12.2 Å². The number of nitrogens with zero attached hydrogens (tertiary/aromatic N) is 3. The molecule has 1 heterocycles. The summed E-state index contributed by atoms with van der Waals surface area (Å²) in [5, 5.41) is 14.3. The van der Waals surface area contributed by atoms with E-state index in [-0.39, 0.29) is 5.82 Å². The predicted octanol–water partition coefficient (Wildman–Crippen LogP) is 3.72. The van der Waals surface area contributed by atoms with Crippen molar-refractivity contribution in [2.75, 3.05) is 17.2 Å². The third kappa shape index (κ3) is 4.49. The smallest absolute Gasteiger partial charge is 0.249 e. The molecule has 3 rings (SSSR count). The van der Waals surface area contributed by atoms with Gasteiger partial charge >= 0.3 is 0 Å². The first-order valence-electron chi connectivity index (χ1n) is 7.71. The number of aromatic nitrogens is 3. The molecule has 1 aromatic heterocycles. The van der Waals surface area contributed by atoms with Crippen molar-refractivity contribution in [1.29, 1.82) is 0 Å². The minimum absolute atomic E-state index is 0.224. The second-order valence-electron chi connectivity index (χ2n) is 5.46. The van der Waals surface area contributed by atoms with Gasteiger partial charge in [0.25, 0.3) is 0 Å². The van der Waals surface area contributed by atoms with Gasteiger partial charge in [-0.25, -0.2) is 4.39 Å². The molecule has 2 N–H and O–H groups in total. The zero-order chi connectivity index (χ0) is 16.8. The molecular weight excluding hydrogens is 305 g/mol. The molecule has 2 aromatic carbocycles. The number of anilines is 3. The molecule has 0 aliphatic rings. The van der Waals surface area contributed by atoms with E-state index < -0.39 is 0 Å². The number of benzene rings is 2. The highest BCUT2D eigenvalue weighted by molar-refractivity contribution is 5.55. The first-order valence-corrected chi connectivity index (χ1v) is 7.71. The Morgan fingerprint density at radius 3 is 2.71 bits per heavy atom. The minimum atomic E-state index is -0.224. The van der Waals surface area contributed by atoms with Crippen molar-refractivity contribution in [2.45, 2.75) is 13.3 Å². The third-order valence-electron chi connectivity index (χ3n) is 3.47. The monoisotopic (exact) mass is 323 g/mol. The molecule has 0 unspecified atom stereocenters. The lowest BCUT2D eigenvalue weighted by molar-refractivity contribution is 0.627. The fourth-order valence-electron chi connectivity index (χ4n) is 2.28. The van der Waals surface area contributed by atoms with Gasteiger partial charge in [-0.05, 0) is 48.7 Å². The molecule has 0 saturated heterocycles. The first-order chi connectivity index (χ1) is 11.7. The largest absolute Gasteiger partial charge is 0.368 e. The van der Waals surface area contributed by atoms with Crippen LogP contribution in [0.3, 0.4) is 0 Å². The standard InChI is InChI=1S/C18H18FN5/c1-13-3-2-4-16(11-13)22-18-23-17(12-21-24-18)20-10-9-14-5-7-15(19)8-6-14/h2-8,11-12H,9-10H2,1H3,(H2,20,22,23,24). The summed E-state index contributed by atoms with van der Waals surface area (Å²) in [5.41, 5.74) is 3.13. The van der Waals surface area contributed by atoms with Crippen LogP contribution in [-0.4, -0.2) is 21.7 Å². The number of nitrogens with one attached hydrogen (secondary N) is 2. The average molecular weight is 323 g/mol. The quantitative estimate of drug-likeness (QED) is 0.724. The second kappa shape index (κ2) is 7.50. The summed E-state index contributed by atoms with van der Waals surface area (Å²) < 4.78 is 12.9. The Bertz CT molecular complexity index is 805. The maximum atomic E-state index is 12.9. The van der Waals surface area contributed by atoms with Crippen molar-refractivity contribution >= 4 is 17.5 Å². The molecule has 0 fully saturated rings. The number of halogens is 1. The molecule has 24 heavy (non-hydrogen) atoms. The number of aryl methyl sites for hydroxylation is 1. The highest BCUT2D eigenvalue weighted by atomic mass is 19.1. The summed E-state index contributed by atoms with van der Waals surface area (Å²) in [6, 6.07) is 14.4. The number of rotatable bonds is 6. The van der Waals surface area contributed by atoms with Crippen molar-refractivity contribution in [2.24, 2.45) is 0 Å². The van der Waals surface area contributed by atoms with Crippen LogP contribution < -0.4 is 10.6 Å². The van der Waals surface area contributed by atoms with E-state index in [9.17, 15) is 4.39 Å². The van der Waals surface area contributed by atoms with E-state index in [1.807, 2.05) is 31.2 Å². The fourth-order valence-corrected chi connectivity index (χ4v) is 2.28. The summed E-state index contributed by atoms with van der Waals surface area (Å²) in [4.78, 5) is 4.39. The summed E-state index contributed by atoms with van der Waals surface area (Å²) in [6.07, 6.45) is 2.34. The predicted molar refractivity (Wildman–Crippen MR) is 92.9 cm³/mol. The van der Waals surface area contributed by atoms with Crippen molar-refractivity contribution in [3.8, 4) is 0 Å². The molecular formula is C18H18FN5. The van der Waals surface area contributed by atoms with Gasteiger partial charge in [-0.1, -0.05) is 24.3 Å². The van der Waals surface area contributed by atoms with Gasteiger partial charge in [0.2, 0.25) is 5.95 Å². The summed E-state index contributed by atoms with van der Waals surface area (Å²) >= 11 is 0. The Morgan fingerprint density at radius 1 is 1.08 bits per heavy atom. The average Bonchev–Trinajstić information content (AvgIpc) is 2.57. The SMILES string of the molecule is Cc1cccc(Nc2nncc(NCCc3ccc(F)cc3)n2)c1. The topological polar surface area (TPSA) is 62.7 Å². The summed E-state index contributed by atoms with van der Waals surface area (Å²) in [5.74, 6) is 0.855. The molecule has 0 atom stereocenters. The van der Waals surface area contributed by atoms with E-state index in [2.05, 4.69) is 25.8 Å². The van der Waals surface area contributed by atoms with Crippen molar-refractivity contribution in [3.63, 3.8) is 0 Å². The molecule has 122 valence electrons. The van der Waals surface area contributed by atoms with E-state index in [0.29, 0.717) is 18.3 Å². The Balaban J connectivity index is 1.57. The van der Waals surface area contributed by atoms with E-state index in [4.69, 9.17) is 0 Å². The van der Waals surface area contributed by atoms with Gasteiger partial charge in [0.15, 0.2) is 5.82 Å². The zero-order valence-electron chi connectivity index (χ0n) is 13.3. The van der Waals surface area contributed by atoms with Crippen molar-refractivity contribution in [1.82, 2.24) is 15.2 Å². The molecule has 0 saturated carbocycles. The molecule has 3 aromatic rings. The lowest BCUT2D eigenvalue weighted by Gasteiger charge is -2.08. The Morgan fingerprint density at radius 2 is 1.92 bits per heavy atom. The maximum Gasteiger partial charge on any atom is 0.249 e. The van der Waals surface area contributed by atoms with Crippen LogP contribution in [0.5, 0.6) is 0 Å². The van der Waals surface area contributed by atoms with Crippen LogP contribution in [0.4, 0.5) is 21.8 Å². The highest BCUT2D eigenvalue weighted by Gasteiger charge is 2.02. The van der Waals surface area contributed by atoms with Crippen molar-refractivity contribution in [3.05, 3.63) is 71.7 Å². The van der Waals surface area contributed by atoms with E-state index >= 15 is 0 Å². The van der Waals surface area contributed by atoms with Crippen LogP contribution in [0.2, 0.25) is 0 Å². The Hall–Kier alpha value is -3.02. The Labute approximate surface area is 140 Å². The van der Waals surface area contributed by atoms with Crippen LogP contribution >= 0.6 is 0 Å². The van der Waals surface area contributed by atoms with Gasteiger partial charge in [0.1, 0.15) is 5.82 Å². The highest BCUT2D eigenvalue weighted by Crippen LogP contribution is 2.14. The van der Waals surface area contributed by atoms with Gasteiger partial charge in [-0.3, -0.25) is 0 Å². The maximum absolute atomic E-state index is 12.9. The van der Waals surface area contributed by atoms with Crippen molar-refractivity contribution < 1.29 is 4.39 Å². The van der Waals surface area contributed by atoms with Crippen LogP contribution in [0.1, 0.15) is 11.1 Å². The molecule has 0 aliphatic carbocycles. The number of hydrogen-bond donors (Lipinski definition) is 2. The molecule has 5 nitrogen and oxygen atoms in total. The lowest BCUT2D eigenvalue weighted by atomic mass is 10.1. The van der Waals surface area contributed by atoms with E-state index in [1.54, 1.807) is 18.3 Å². The number of hydrogen-bond acceptors (Lipinski definition) is 5. The fraction of sp³-hybridized carbons (Fsp3) is 0.167. The minimum Gasteiger partial charge on any atom is -0.368 e. The first kappa shape index (κ1) is 15.9. The van der Waals surface area contributed by atoms with E-state index in [0.717, 1.165) is 23.2 Å². The van der Waals surface area contributed by atoms with Gasteiger partial charge < -0.3 is 10.6 Å². The Kier molecular flexibility index (Phi) is 4.96. The van der Waals surface area contributed by atoms with Gasteiger partial charge in [-0.2, -0.15) is 10.1 Å². The molecule has 0 aliphatic heterocycles.